The summed E-state index contributed by atoms with van der Waals surface area (Å²) in [6.45, 7) is 0.278. The van der Waals surface area contributed by atoms with Gasteiger partial charge < -0.3 is 10.0 Å². The van der Waals surface area contributed by atoms with E-state index in [9.17, 15) is 18.0 Å². The van der Waals surface area contributed by atoms with Gasteiger partial charge in [0.05, 0.1) is 17.0 Å². The third-order valence-corrected chi connectivity index (χ3v) is 6.01. The van der Waals surface area contributed by atoms with Crippen LogP contribution in [0, 0.1) is 3.57 Å². The van der Waals surface area contributed by atoms with Gasteiger partial charge >= 0.3 is 5.97 Å². The first-order chi connectivity index (χ1) is 9.73. The van der Waals surface area contributed by atoms with E-state index in [4.69, 9.17) is 5.11 Å². The van der Waals surface area contributed by atoms with Crippen molar-refractivity contribution >= 4 is 44.5 Å². The molecule has 114 valence electrons. The molecule has 0 unspecified atom stereocenters. The number of rotatable bonds is 3. The standard InChI is InChI=1S/C12H13IN2O5S/c1-14-4-5-15(7-11(14)16)21(19,20)8-2-3-10(13)9(6-8)12(17)18/h2-3,6H,4-5,7H2,1H3,(H,17,18). The molecular weight excluding hydrogens is 411 g/mol. The molecule has 1 aromatic rings. The fraction of sp³-hybridized carbons (Fsp3) is 0.333. The Morgan fingerprint density at radius 1 is 1.33 bits per heavy atom. The summed E-state index contributed by atoms with van der Waals surface area (Å²) in [6, 6.07) is 3.92. The van der Waals surface area contributed by atoms with Gasteiger partial charge in [-0.1, -0.05) is 0 Å². The van der Waals surface area contributed by atoms with Gasteiger partial charge in [0, 0.05) is 23.7 Å². The van der Waals surface area contributed by atoms with Gasteiger partial charge in [-0.15, -0.1) is 0 Å². The Balaban J connectivity index is 2.38. The molecule has 1 fully saturated rings. The summed E-state index contributed by atoms with van der Waals surface area (Å²) >= 11 is 1.83. The SMILES string of the molecule is CN1CCN(S(=O)(=O)c2ccc(I)c(C(=O)O)c2)CC1=O. The van der Waals surface area contributed by atoms with Crippen molar-refractivity contribution in [3.8, 4) is 0 Å². The van der Waals surface area contributed by atoms with E-state index < -0.39 is 16.0 Å². The number of amides is 1. The Kier molecular flexibility index (Phi) is 4.54. The number of aromatic carboxylic acids is 1. The van der Waals surface area contributed by atoms with E-state index in [0.29, 0.717) is 10.1 Å². The van der Waals surface area contributed by atoms with Crippen LogP contribution >= 0.6 is 22.6 Å². The zero-order chi connectivity index (χ0) is 15.8. The number of nitrogens with zero attached hydrogens (tertiary/aromatic N) is 2. The monoisotopic (exact) mass is 424 g/mol. The second-order valence-corrected chi connectivity index (χ2v) is 7.70. The highest BCUT2D eigenvalue weighted by Crippen LogP contribution is 2.22. The first-order valence-electron chi connectivity index (χ1n) is 6.00. The molecule has 21 heavy (non-hydrogen) atoms. The minimum absolute atomic E-state index is 0.0721. The van der Waals surface area contributed by atoms with E-state index in [-0.39, 0.29) is 29.5 Å². The molecule has 0 bridgehead atoms. The molecule has 0 aliphatic carbocycles. The lowest BCUT2D eigenvalue weighted by atomic mass is 10.2. The maximum Gasteiger partial charge on any atom is 0.336 e. The minimum Gasteiger partial charge on any atom is -0.478 e. The van der Waals surface area contributed by atoms with E-state index in [2.05, 4.69) is 0 Å². The molecule has 9 heteroatoms. The molecule has 1 heterocycles. The minimum atomic E-state index is -3.87. The summed E-state index contributed by atoms with van der Waals surface area (Å²) in [6.07, 6.45) is 0. The van der Waals surface area contributed by atoms with Crippen LogP contribution in [0.5, 0.6) is 0 Å². The lowest BCUT2D eigenvalue weighted by Crippen LogP contribution is -2.50. The summed E-state index contributed by atoms with van der Waals surface area (Å²) in [7, 11) is -2.26. The number of carbonyl (C=O) groups is 2. The lowest BCUT2D eigenvalue weighted by molar-refractivity contribution is -0.132. The molecule has 0 saturated carbocycles. The summed E-state index contributed by atoms with van der Waals surface area (Å²) in [5, 5.41) is 9.07. The van der Waals surface area contributed by atoms with Crippen molar-refractivity contribution in [1.29, 1.82) is 0 Å². The highest BCUT2D eigenvalue weighted by Gasteiger charge is 2.32. The first kappa shape index (κ1) is 16.2. The molecule has 1 aliphatic rings. The molecule has 0 aromatic heterocycles. The normalized spacial score (nSPS) is 17.0. The third-order valence-electron chi connectivity index (χ3n) is 3.23. The number of piperazine rings is 1. The van der Waals surface area contributed by atoms with E-state index in [1.807, 2.05) is 22.6 Å². The van der Waals surface area contributed by atoms with Gasteiger partial charge in [0.15, 0.2) is 0 Å². The second kappa shape index (κ2) is 5.89. The number of carboxylic acids is 1. The average Bonchev–Trinajstić information content (AvgIpc) is 2.41. The molecule has 1 aromatic carbocycles. The van der Waals surface area contributed by atoms with Gasteiger partial charge in [-0.05, 0) is 40.8 Å². The van der Waals surface area contributed by atoms with Crippen LogP contribution in [0.4, 0.5) is 0 Å². The summed E-state index contributed by atoms with van der Waals surface area (Å²) < 4.78 is 26.5. The van der Waals surface area contributed by atoms with Crippen LogP contribution in [0.25, 0.3) is 0 Å². The zero-order valence-corrected chi connectivity index (χ0v) is 14.1. The summed E-state index contributed by atoms with van der Waals surface area (Å²) in [5.41, 5.74) is -0.0721. The van der Waals surface area contributed by atoms with Crippen LogP contribution in [0.2, 0.25) is 0 Å². The average molecular weight is 424 g/mol. The Hall–Kier alpha value is -1.20. The number of hydrogen-bond donors (Lipinski definition) is 1. The fourth-order valence-electron chi connectivity index (χ4n) is 1.92. The molecule has 0 radical (unpaired) electrons. The van der Waals surface area contributed by atoms with Gasteiger partial charge in [-0.25, -0.2) is 13.2 Å². The number of likely N-dealkylation sites (N-methyl/N-ethyl adjacent to an activating group) is 1. The van der Waals surface area contributed by atoms with Crippen LogP contribution in [-0.2, 0) is 14.8 Å². The van der Waals surface area contributed by atoms with E-state index in [1.54, 1.807) is 7.05 Å². The molecule has 0 atom stereocenters. The largest absolute Gasteiger partial charge is 0.478 e. The second-order valence-electron chi connectivity index (χ2n) is 4.60. The zero-order valence-electron chi connectivity index (χ0n) is 11.1. The van der Waals surface area contributed by atoms with Crippen molar-refractivity contribution in [2.24, 2.45) is 0 Å². The number of carbonyl (C=O) groups excluding carboxylic acids is 1. The molecule has 0 spiro atoms. The smallest absolute Gasteiger partial charge is 0.336 e. The Bertz CT molecular complexity index is 704. The van der Waals surface area contributed by atoms with Gasteiger partial charge in [-0.3, -0.25) is 4.79 Å². The Labute approximate surface area is 135 Å². The molecule has 1 amide bonds. The van der Waals surface area contributed by atoms with Crippen LogP contribution in [0.15, 0.2) is 23.1 Å². The summed E-state index contributed by atoms with van der Waals surface area (Å²) in [5.74, 6) is -1.47. The van der Waals surface area contributed by atoms with Crippen molar-refractivity contribution in [2.45, 2.75) is 4.90 Å². The molecule has 1 saturated heterocycles. The van der Waals surface area contributed by atoms with Crippen molar-refractivity contribution in [3.05, 3.63) is 27.3 Å². The number of halogens is 1. The quantitative estimate of drug-likeness (QED) is 0.712. The molecule has 7 nitrogen and oxygen atoms in total. The first-order valence-corrected chi connectivity index (χ1v) is 8.52. The van der Waals surface area contributed by atoms with Crippen LogP contribution in [-0.4, -0.2) is 61.3 Å². The van der Waals surface area contributed by atoms with Gasteiger partial charge in [0.25, 0.3) is 0 Å². The molecule has 1 aliphatic heterocycles. The molecule has 2 rings (SSSR count). The number of carboxylic acid groups (broad SMARTS) is 1. The van der Waals surface area contributed by atoms with Crippen molar-refractivity contribution in [3.63, 3.8) is 0 Å². The Morgan fingerprint density at radius 2 is 2.00 bits per heavy atom. The maximum absolute atomic E-state index is 12.5. The molecular formula is C12H13IN2O5S. The maximum atomic E-state index is 12.5. The Morgan fingerprint density at radius 3 is 2.57 bits per heavy atom. The van der Waals surface area contributed by atoms with E-state index >= 15 is 0 Å². The number of hydrogen-bond acceptors (Lipinski definition) is 4. The van der Waals surface area contributed by atoms with Crippen LogP contribution in [0.1, 0.15) is 10.4 Å². The number of sulfonamides is 1. The highest BCUT2D eigenvalue weighted by atomic mass is 127. The van der Waals surface area contributed by atoms with Gasteiger partial charge in [-0.2, -0.15) is 4.31 Å². The topological polar surface area (TPSA) is 95.0 Å². The van der Waals surface area contributed by atoms with Crippen molar-refractivity contribution in [1.82, 2.24) is 9.21 Å². The van der Waals surface area contributed by atoms with Gasteiger partial charge in [0.2, 0.25) is 15.9 Å². The van der Waals surface area contributed by atoms with E-state index in [1.165, 1.54) is 17.0 Å². The predicted octanol–water partition coefficient (Wildman–Crippen LogP) is 0.452. The predicted molar refractivity (Wildman–Crippen MR) is 82.5 cm³/mol. The van der Waals surface area contributed by atoms with Crippen molar-refractivity contribution < 1.29 is 23.1 Å². The van der Waals surface area contributed by atoms with Gasteiger partial charge in [0.1, 0.15) is 0 Å². The van der Waals surface area contributed by atoms with Crippen LogP contribution < -0.4 is 0 Å². The fourth-order valence-corrected chi connectivity index (χ4v) is 3.89. The molecule has 1 N–H and O–H groups in total. The third kappa shape index (κ3) is 3.19. The van der Waals surface area contributed by atoms with E-state index in [0.717, 1.165) is 10.4 Å². The lowest BCUT2D eigenvalue weighted by Gasteiger charge is -2.31. The number of benzene rings is 1. The summed E-state index contributed by atoms with van der Waals surface area (Å²) in [4.78, 5) is 24.1. The van der Waals surface area contributed by atoms with Crippen molar-refractivity contribution in [2.75, 3.05) is 26.7 Å². The highest BCUT2D eigenvalue weighted by molar-refractivity contribution is 14.1. The van der Waals surface area contributed by atoms with Crippen LogP contribution in [0.3, 0.4) is 0 Å².